The van der Waals surface area contributed by atoms with Crippen LogP contribution in [0, 0.1) is 0 Å². The highest BCUT2D eigenvalue weighted by Crippen LogP contribution is 2.35. The van der Waals surface area contributed by atoms with Gasteiger partial charge in [0.25, 0.3) is 0 Å². The second-order valence-electron chi connectivity index (χ2n) is 5.28. The molecule has 0 spiro atoms. The van der Waals surface area contributed by atoms with Crippen LogP contribution in [-0.2, 0) is 14.2 Å². The Morgan fingerprint density at radius 2 is 2.00 bits per heavy atom. The van der Waals surface area contributed by atoms with Crippen LogP contribution < -0.4 is 0 Å². The van der Waals surface area contributed by atoms with Crippen molar-refractivity contribution in [2.75, 3.05) is 6.61 Å². The van der Waals surface area contributed by atoms with Gasteiger partial charge in [-0.15, -0.1) is 0 Å². The molecule has 2 fully saturated rings. The highest BCUT2D eigenvalue weighted by molar-refractivity contribution is 5.75. The number of nitrogens with zero attached hydrogens (tertiary/aromatic N) is 1. The van der Waals surface area contributed by atoms with Gasteiger partial charge in [0.05, 0.1) is 6.61 Å². The molecule has 102 valence electrons. The third kappa shape index (κ3) is 2.49. The van der Waals surface area contributed by atoms with Gasteiger partial charge < -0.3 is 14.2 Å². The Morgan fingerprint density at radius 1 is 1.26 bits per heavy atom. The fourth-order valence-electron chi connectivity index (χ4n) is 2.51. The van der Waals surface area contributed by atoms with Gasteiger partial charge in [-0.2, -0.15) is 0 Å². The number of ether oxygens (including phenoxy) is 3. The van der Waals surface area contributed by atoms with Crippen LogP contribution in [0.3, 0.4) is 0 Å². The molecule has 3 rings (SSSR count). The molecule has 0 aromatic heterocycles. The zero-order valence-electron chi connectivity index (χ0n) is 11.0. The second-order valence-corrected chi connectivity index (χ2v) is 5.28. The quantitative estimate of drug-likeness (QED) is 0.379. The van der Waals surface area contributed by atoms with Crippen molar-refractivity contribution < 1.29 is 24.2 Å². The van der Waals surface area contributed by atoms with Crippen molar-refractivity contribution in [3.8, 4) is 0 Å². The van der Waals surface area contributed by atoms with Crippen LogP contribution in [0.4, 0.5) is 0 Å². The predicted molar refractivity (Wildman–Crippen MR) is 67.2 cm³/mol. The van der Waals surface area contributed by atoms with Crippen LogP contribution >= 0.6 is 0 Å². The molecule has 2 heterocycles. The average Bonchev–Trinajstić information content (AvgIpc) is 2.85. The molecule has 2 aliphatic heterocycles. The molecule has 19 heavy (non-hydrogen) atoms. The molecule has 1 aromatic rings. The number of fused-ring (bicyclic) bond motifs is 1. The zero-order valence-corrected chi connectivity index (χ0v) is 11.0. The van der Waals surface area contributed by atoms with Gasteiger partial charge >= 0.3 is 6.23 Å². The maximum Gasteiger partial charge on any atom is 0.334 e. The van der Waals surface area contributed by atoms with Crippen LogP contribution in [0.2, 0.25) is 0 Å². The van der Waals surface area contributed by atoms with E-state index in [1.807, 2.05) is 44.2 Å². The fourth-order valence-corrected chi connectivity index (χ4v) is 2.51. The molecule has 2 aliphatic rings. The molecule has 5 heteroatoms. The molecule has 0 bridgehead atoms. The lowest BCUT2D eigenvalue weighted by molar-refractivity contribution is -0.822. The van der Waals surface area contributed by atoms with Crippen LogP contribution in [0.5, 0.6) is 0 Å². The van der Waals surface area contributed by atoms with Crippen LogP contribution in [-0.4, -0.2) is 47.0 Å². The average molecular weight is 264 g/mol. The Labute approximate surface area is 112 Å². The highest BCUT2D eigenvalue weighted by Gasteiger charge is 2.55. The molecule has 5 nitrogen and oxygen atoms in total. The van der Waals surface area contributed by atoms with Crippen molar-refractivity contribution in [3.05, 3.63) is 35.9 Å². The van der Waals surface area contributed by atoms with Gasteiger partial charge in [-0.3, -0.25) is 5.21 Å². The van der Waals surface area contributed by atoms with Gasteiger partial charge in [-0.05, 0) is 26.0 Å². The minimum atomic E-state index is -0.620. The molecular formula is C14H18NO4+. The molecule has 1 aromatic carbocycles. The van der Waals surface area contributed by atoms with Crippen molar-refractivity contribution in [3.63, 3.8) is 0 Å². The Morgan fingerprint density at radius 3 is 2.74 bits per heavy atom. The Kier molecular flexibility index (Phi) is 3.05. The van der Waals surface area contributed by atoms with Crippen LogP contribution in [0.15, 0.2) is 30.3 Å². The summed E-state index contributed by atoms with van der Waals surface area (Å²) >= 11 is 0. The third-order valence-corrected chi connectivity index (χ3v) is 3.28. The van der Waals surface area contributed by atoms with Gasteiger partial charge in [-0.25, -0.2) is 0 Å². The standard InChI is InChI=1S/C14H18NO4/c1-14(2)18-11-9-17-13(12(11)19-14)15(16)8-10-6-4-3-5-7-10/h3-8,11-13,16H,9H2,1-2H3/q+1/b15-8-/t11-,12-,13-/m1/s1. The molecule has 2 saturated heterocycles. The summed E-state index contributed by atoms with van der Waals surface area (Å²) in [5.41, 5.74) is 0.898. The summed E-state index contributed by atoms with van der Waals surface area (Å²) in [5, 5.41) is 10.1. The molecule has 0 amide bonds. The van der Waals surface area contributed by atoms with Gasteiger partial charge in [0.15, 0.2) is 11.9 Å². The third-order valence-electron chi connectivity index (χ3n) is 3.28. The van der Waals surface area contributed by atoms with Crippen molar-refractivity contribution >= 4 is 6.21 Å². The Bertz CT molecular complexity index is 485. The van der Waals surface area contributed by atoms with E-state index in [1.165, 1.54) is 0 Å². The summed E-state index contributed by atoms with van der Waals surface area (Å²) in [6.07, 6.45) is 0.688. The normalized spacial score (nSPS) is 33.4. The molecule has 0 saturated carbocycles. The zero-order chi connectivity index (χ0) is 13.5. The largest absolute Gasteiger partial charge is 0.342 e. The van der Waals surface area contributed by atoms with E-state index < -0.39 is 12.0 Å². The van der Waals surface area contributed by atoms with Crippen LogP contribution in [0.1, 0.15) is 19.4 Å². The van der Waals surface area contributed by atoms with Gasteiger partial charge in [0.1, 0.15) is 6.10 Å². The molecule has 0 radical (unpaired) electrons. The van der Waals surface area contributed by atoms with E-state index in [2.05, 4.69) is 0 Å². The first kappa shape index (κ1) is 12.6. The lowest BCUT2D eigenvalue weighted by Crippen LogP contribution is -2.37. The van der Waals surface area contributed by atoms with Crippen LogP contribution in [0.25, 0.3) is 0 Å². The van der Waals surface area contributed by atoms with E-state index >= 15 is 0 Å². The molecule has 3 atom stereocenters. The van der Waals surface area contributed by atoms with E-state index in [4.69, 9.17) is 14.2 Å². The fraction of sp³-hybridized carbons (Fsp3) is 0.500. The SMILES string of the molecule is CC1(C)O[C@H]2[C@H](/[N+](O)=C/c3ccccc3)OC[C@H]2O1. The summed E-state index contributed by atoms with van der Waals surface area (Å²) in [6, 6.07) is 9.57. The summed E-state index contributed by atoms with van der Waals surface area (Å²) in [7, 11) is 0. The van der Waals surface area contributed by atoms with E-state index in [-0.39, 0.29) is 12.2 Å². The number of hydroxylamine groups is 1. The minimum Gasteiger partial charge on any atom is -0.342 e. The van der Waals surface area contributed by atoms with Crippen molar-refractivity contribution in [2.24, 2.45) is 0 Å². The van der Waals surface area contributed by atoms with Gasteiger partial charge in [-0.1, -0.05) is 18.2 Å². The Balaban J connectivity index is 1.78. The summed E-state index contributed by atoms with van der Waals surface area (Å²) in [5.74, 6) is -0.620. The lowest BCUT2D eigenvalue weighted by atomic mass is 10.2. The molecule has 0 unspecified atom stereocenters. The summed E-state index contributed by atoms with van der Waals surface area (Å²) in [4.78, 5) is 0. The van der Waals surface area contributed by atoms with E-state index in [9.17, 15) is 5.21 Å². The molecule has 0 aliphatic carbocycles. The van der Waals surface area contributed by atoms with Crippen molar-refractivity contribution in [1.82, 2.24) is 0 Å². The van der Waals surface area contributed by atoms with E-state index in [0.29, 0.717) is 6.61 Å². The smallest absolute Gasteiger partial charge is 0.334 e. The van der Waals surface area contributed by atoms with E-state index in [1.54, 1.807) is 6.21 Å². The van der Waals surface area contributed by atoms with E-state index in [0.717, 1.165) is 10.3 Å². The first-order valence-electron chi connectivity index (χ1n) is 6.39. The van der Waals surface area contributed by atoms with Crippen molar-refractivity contribution in [1.29, 1.82) is 0 Å². The number of hydrogen-bond donors (Lipinski definition) is 1. The monoisotopic (exact) mass is 264 g/mol. The topological polar surface area (TPSA) is 50.9 Å². The predicted octanol–water partition coefficient (Wildman–Crippen LogP) is 1.38. The first-order chi connectivity index (χ1) is 9.05. The highest BCUT2D eigenvalue weighted by atomic mass is 16.8. The first-order valence-corrected chi connectivity index (χ1v) is 6.39. The molecule has 1 N–H and O–H groups in total. The maximum atomic E-state index is 10.1. The minimum absolute atomic E-state index is 0.126. The van der Waals surface area contributed by atoms with Crippen molar-refractivity contribution in [2.45, 2.75) is 38.1 Å². The Hall–Kier alpha value is -1.43. The van der Waals surface area contributed by atoms with Gasteiger partial charge in [0, 0.05) is 10.3 Å². The number of hydrogen-bond acceptors (Lipinski definition) is 4. The number of rotatable bonds is 2. The summed E-state index contributed by atoms with van der Waals surface area (Å²) in [6.45, 7) is 4.16. The second kappa shape index (κ2) is 4.59. The summed E-state index contributed by atoms with van der Waals surface area (Å²) < 4.78 is 18.1. The molecular weight excluding hydrogens is 246 g/mol. The maximum absolute atomic E-state index is 10.1. The number of benzene rings is 1. The van der Waals surface area contributed by atoms with Gasteiger partial charge in [0.2, 0.25) is 6.21 Å². The lowest BCUT2D eigenvalue weighted by Gasteiger charge is -2.18.